The summed E-state index contributed by atoms with van der Waals surface area (Å²) >= 11 is 5.87. The molecule has 0 aliphatic carbocycles. The summed E-state index contributed by atoms with van der Waals surface area (Å²) in [5.74, 6) is 0. The monoisotopic (exact) mass is 273 g/mol. The second-order valence-electron chi connectivity index (χ2n) is 4.88. The number of rotatable bonds is 3. The fourth-order valence-electron chi connectivity index (χ4n) is 2.38. The lowest BCUT2D eigenvalue weighted by Crippen LogP contribution is -2.14. The lowest BCUT2D eigenvalue weighted by Gasteiger charge is -2.09. The molecule has 2 aromatic rings. The third-order valence-corrected chi connectivity index (χ3v) is 3.69. The van der Waals surface area contributed by atoms with Gasteiger partial charge in [0.15, 0.2) is 0 Å². The summed E-state index contributed by atoms with van der Waals surface area (Å²) in [6.45, 7) is 1.08. The number of aromatic nitrogens is 2. The lowest BCUT2D eigenvalue weighted by molar-refractivity contribution is 0.622. The van der Waals surface area contributed by atoms with Gasteiger partial charge < -0.3 is 5.32 Å². The number of nitrogens with one attached hydrogen (secondary N) is 1. The molecule has 0 saturated carbocycles. The molecule has 19 heavy (non-hydrogen) atoms. The van der Waals surface area contributed by atoms with Crippen LogP contribution in [0.4, 0.5) is 0 Å². The van der Waals surface area contributed by atoms with E-state index in [1.165, 1.54) is 12.0 Å². The van der Waals surface area contributed by atoms with Gasteiger partial charge in [-0.25, -0.2) is 0 Å². The van der Waals surface area contributed by atoms with E-state index in [0.717, 1.165) is 35.8 Å². The van der Waals surface area contributed by atoms with Crippen LogP contribution in [0.25, 0.3) is 0 Å². The molecule has 1 aromatic heterocycles. The molecule has 1 saturated heterocycles. The minimum Gasteiger partial charge on any atom is -0.309 e. The Balaban J connectivity index is 1.70. The molecule has 0 bridgehead atoms. The van der Waals surface area contributed by atoms with Crippen molar-refractivity contribution < 1.29 is 0 Å². The predicted octanol–water partition coefficient (Wildman–Crippen LogP) is 3.15. The van der Waals surface area contributed by atoms with E-state index in [1.807, 2.05) is 36.7 Å². The van der Waals surface area contributed by atoms with Crippen molar-refractivity contribution in [3.8, 4) is 0 Å². The van der Waals surface area contributed by atoms with E-state index in [0.29, 0.717) is 6.04 Å². The topological polar surface area (TPSA) is 37.8 Å². The molecule has 3 nitrogen and oxygen atoms in total. The van der Waals surface area contributed by atoms with E-state index in [9.17, 15) is 0 Å². The van der Waals surface area contributed by atoms with Crippen molar-refractivity contribution in [2.45, 2.75) is 25.3 Å². The SMILES string of the molecule is Clc1ccc(Cc2cnc(C3CCCN3)cn2)cc1. The van der Waals surface area contributed by atoms with E-state index in [1.54, 1.807) is 0 Å². The fourth-order valence-corrected chi connectivity index (χ4v) is 2.51. The normalized spacial score (nSPS) is 18.7. The number of hydrogen-bond donors (Lipinski definition) is 1. The highest BCUT2D eigenvalue weighted by Gasteiger charge is 2.17. The second kappa shape index (κ2) is 5.68. The first-order chi connectivity index (χ1) is 9.31. The Labute approximate surface area is 118 Å². The number of benzene rings is 1. The molecule has 1 fully saturated rings. The van der Waals surface area contributed by atoms with E-state index in [4.69, 9.17) is 11.6 Å². The van der Waals surface area contributed by atoms with Gasteiger partial charge in [-0.1, -0.05) is 23.7 Å². The average Bonchev–Trinajstić information content (AvgIpc) is 2.96. The van der Waals surface area contributed by atoms with Crippen LogP contribution < -0.4 is 5.32 Å². The largest absolute Gasteiger partial charge is 0.309 e. The Morgan fingerprint density at radius 1 is 1.16 bits per heavy atom. The van der Waals surface area contributed by atoms with Gasteiger partial charge in [0, 0.05) is 17.6 Å². The zero-order valence-electron chi connectivity index (χ0n) is 10.6. The predicted molar refractivity (Wildman–Crippen MR) is 76.3 cm³/mol. The first-order valence-corrected chi connectivity index (χ1v) is 6.98. The van der Waals surface area contributed by atoms with Crippen LogP contribution in [0.3, 0.4) is 0 Å². The minimum atomic E-state index is 0.386. The van der Waals surface area contributed by atoms with Gasteiger partial charge in [0.2, 0.25) is 0 Å². The van der Waals surface area contributed by atoms with Crippen molar-refractivity contribution in [1.82, 2.24) is 15.3 Å². The van der Waals surface area contributed by atoms with Crippen molar-refractivity contribution in [3.05, 3.63) is 58.6 Å². The zero-order valence-corrected chi connectivity index (χ0v) is 11.4. The van der Waals surface area contributed by atoms with Gasteiger partial charge in [0.05, 0.1) is 23.6 Å². The maximum atomic E-state index is 5.87. The molecule has 1 aliphatic rings. The van der Waals surface area contributed by atoms with E-state index in [-0.39, 0.29) is 0 Å². The van der Waals surface area contributed by atoms with Gasteiger partial charge in [-0.15, -0.1) is 0 Å². The summed E-state index contributed by atoms with van der Waals surface area (Å²) in [4.78, 5) is 9.03. The second-order valence-corrected chi connectivity index (χ2v) is 5.32. The molecule has 0 spiro atoms. The summed E-state index contributed by atoms with van der Waals surface area (Å²) in [5.41, 5.74) is 3.24. The van der Waals surface area contributed by atoms with Gasteiger partial charge in [-0.3, -0.25) is 9.97 Å². The average molecular weight is 274 g/mol. The van der Waals surface area contributed by atoms with Crippen LogP contribution in [-0.4, -0.2) is 16.5 Å². The maximum Gasteiger partial charge on any atom is 0.0756 e. The highest BCUT2D eigenvalue weighted by molar-refractivity contribution is 6.30. The van der Waals surface area contributed by atoms with Crippen molar-refractivity contribution >= 4 is 11.6 Å². The number of nitrogens with zero attached hydrogens (tertiary/aromatic N) is 2. The molecule has 1 aliphatic heterocycles. The van der Waals surface area contributed by atoms with Gasteiger partial charge in [0.1, 0.15) is 0 Å². The molecule has 1 atom stereocenters. The first-order valence-electron chi connectivity index (χ1n) is 6.60. The molecule has 1 N–H and O–H groups in total. The van der Waals surface area contributed by atoms with Crippen molar-refractivity contribution in [2.75, 3.05) is 6.54 Å². The highest BCUT2D eigenvalue weighted by atomic mass is 35.5. The summed E-state index contributed by atoms with van der Waals surface area (Å²) in [5, 5.41) is 4.19. The van der Waals surface area contributed by atoms with E-state index in [2.05, 4.69) is 15.3 Å². The summed E-state index contributed by atoms with van der Waals surface area (Å²) in [6.07, 6.45) is 6.95. The summed E-state index contributed by atoms with van der Waals surface area (Å²) in [6, 6.07) is 8.24. The van der Waals surface area contributed by atoms with Crippen molar-refractivity contribution in [1.29, 1.82) is 0 Å². The standard InChI is InChI=1S/C15H16ClN3/c16-12-5-3-11(4-6-12)8-13-9-19-15(10-18-13)14-2-1-7-17-14/h3-6,9-10,14,17H,1-2,7-8H2. The Kier molecular flexibility index (Phi) is 3.76. The van der Waals surface area contributed by atoms with Gasteiger partial charge in [-0.05, 0) is 37.1 Å². The first kappa shape index (κ1) is 12.6. The van der Waals surface area contributed by atoms with E-state index < -0.39 is 0 Å². The summed E-state index contributed by atoms with van der Waals surface area (Å²) < 4.78 is 0. The van der Waals surface area contributed by atoms with Crippen LogP contribution in [0.1, 0.15) is 35.8 Å². The Morgan fingerprint density at radius 2 is 2.00 bits per heavy atom. The third kappa shape index (κ3) is 3.11. The Bertz CT molecular complexity index is 530. The molecule has 3 rings (SSSR count). The molecule has 1 unspecified atom stereocenters. The molecule has 4 heteroatoms. The molecule has 2 heterocycles. The van der Waals surface area contributed by atoms with Gasteiger partial charge >= 0.3 is 0 Å². The Hall–Kier alpha value is -1.45. The smallest absolute Gasteiger partial charge is 0.0756 e. The third-order valence-electron chi connectivity index (χ3n) is 3.44. The van der Waals surface area contributed by atoms with Crippen LogP contribution in [0.5, 0.6) is 0 Å². The van der Waals surface area contributed by atoms with Crippen LogP contribution in [0, 0.1) is 0 Å². The quantitative estimate of drug-likeness (QED) is 0.934. The van der Waals surface area contributed by atoms with Crippen LogP contribution in [0.2, 0.25) is 5.02 Å². The van der Waals surface area contributed by atoms with Crippen molar-refractivity contribution in [2.24, 2.45) is 0 Å². The maximum absolute atomic E-state index is 5.87. The number of hydrogen-bond acceptors (Lipinski definition) is 3. The highest BCUT2D eigenvalue weighted by Crippen LogP contribution is 2.20. The summed E-state index contributed by atoms with van der Waals surface area (Å²) in [7, 11) is 0. The minimum absolute atomic E-state index is 0.386. The number of halogens is 1. The lowest BCUT2D eigenvalue weighted by atomic mass is 10.1. The van der Waals surface area contributed by atoms with Crippen LogP contribution in [-0.2, 0) is 6.42 Å². The van der Waals surface area contributed by atoms with Crippen molar-refractivity contribution in [3.63, 3.8) is 0 Å². The molecule has 1 aromatic carbocycles. The molecule has 0 amide bonds. The molecule has 98 valence electrons. The van der Waals surface area contributed by atoms with E-state index >= 15 is 0 Å². The zero-order chi connectivity index (χ0) is 13.1. The molecule has 0 radical (unpaired) electrons. The Morgan fingerprint density at radius 3 is 2.63 bits per heavy atom. The van der Waals surface area contributed by atoms with Crippen LogP contribution in [0.15, 0.2) is 36.7 Å². The molecular weight excluding hydrogens is 258 g/mol. The molecular formula is C15H16ClN3. The van der Waals surface area contributed by atoms with Gasteiger partial charge in [-0.2, -0.15) is 0 Å². The van der Waals surface area contributed by atoms with Gasteiger partial charge in [0.25, 0.3) is 0 Å². The van der Waals surface area contributed by atoms with Crippen LogP contribution >= 0.6 is 11.6 Å². The fraction of sp³-hybridized carbons (Fsp3) is 0.333.